The lowest BCUT2D eigenvalue weighted by Gasteiger charge is -2.34. The molecule has 1 N–H and O–H groups in total. The molecule has 138 valence electrons. The monoisotopic (exact) mass is 365 g/mol. The van der Waals surface area contributed by atoms with E-state index in [4.69, 9.17) is 0 Å². The van der Waals surface area contributed by atoms with Gasteiger partial charge in [-0.1, -0.05) is 6.07 Å². The van der Waals surface area contributed by atoms with E-state index in [1.54, 1.807) is 11.1 Å². The molecule has 0 saturated carbocycles. The van der Waals surface area contributed by atoms with E-state index < -0.39 is 11.9 Å². The number of carbonyl (C=O) groups is 1. The van der Waals surface area contributed by atoms with E-state index in [0.717, 1.165) is 24.5 Å². The number of hydrogen-bond acceptors (Lipinski definition) is 4. The van der Waals surface area contributed by atoms with Crippen molar-refractivity contribution in [2.24, 2.45) is 0 Å². The summed E-state index contributed by atoms with van der Waals surface area (Å²) >= 11 is 0. The minimum atomic E-state index is -4.49. The summed E-state index contributed by atoms with van der Waals surface area (Å²) in [7, 11) is 0. The Morgan fingerprint density at radius 1 is 1.08 bits per heavy atom. The molecule has 1 saturated heterocycles. The molecule has 0 atom stereocenters. The molecule has 2 aromatic heterocycles. The summed E-state index contributed by atoms with van der Waals surface area (Å²) < 4.78 is 37.5. The minimum Gasteiger partial charge on any atom is -0.322 e. The van der Waals surface area contributed by atoms with Gasteiger partial charge in [-0.15, -0.1) is 0 Å². The van der Waals surface area contributed by atoms with Crippen LogP contribution in [0.15, 0.2) is 42.7 Å². The maximum absolute atomic E-state index is 12.5. The van der Waals surface area contributed by atoms with Gasteiger partial charge in [-0.3, -0.25) is 9.88 Å². The highest BCUT2D eigenvalue weighted by atomic mass is 19.4. The second kappa shape index (κ2) is 7.69. The zero-order valence-electron chi connectivity index (χ0n) is 13.9. The van der Waals surface area contributed by atoms with Crippen molar-refractivity contribution in [3.8, 4) is 0 Å². The Bertz CT molecular complexity index is 728. The van der Waals surface area contributed by atoms with E-state index in [9.17, 15) is 18.0 Å². The third kappa shape index (κ3) is 4.69. The molecule has 1 aliphatic rings. The van der Waals surface area contributed by atoms with Crippen molar-refractivity contribution in [2.75, 3.05) is 31.5 Å². The third-order valence-electron chi connectivity index (χ3n) is 4.08. The molecule has 6 nitrogen and oxygen atoms in total. The van der Waals surface area contributed by atoms with Crippen LogP contribution in [0.2, 0.25) is 0 Å². The highest BCUT2D eigenvalue weighted by Crippen LogP contribution is 2.27. The Kier molecular flexibility index (Phi) is 5.36. The van der Waals surface area contributed by atoms with Crippen molar-refractivity contribution in [2.45, 2.75) is 12.7 Å². The fraction of sp³-hybridized carbons (Fsp3) is 0.353. The molecule has 0 bridgehead atoms. The van der Waals surface area contributed by atoms with Crippen LogP contribution in [0.4, 0.5) is 23.7 Å². The number of urea groups is 1. The van der Waals surface area contributed by atoms with E-state index in [1.165, 1.54) is 6.07 Å². The van der Waals surface area contributed by atoms with Crippen LogP contribution in [-0.2, 0) is 12.7 Å². The van der Waals surface area contributed by atoms with Crippen LogP contribution in [0.5, 0.6) is 0 Å². The number of pyridine rings is 2. The van der Waals surface area contributed by atoms with Crippen LogP contribution in [-0.4, -0.2) is 52.0 Å². The van der Waals surface area contributed by atoms with Crippen molar-refractivity contribution in [1.82, 2.24) is 19.8 Å². The first-order valence-corrected chi connectivity index (χ1v) is 8.13. The van der Waals surface area contributed by atoms with Gasteiger partial charge in [0.05, 0.1) is 17.6 Å². The van der Waals surface area contributed by atoms with E-state index in [1.807, 2.05) is 18.2 Å². The number of amides is 2. The Labute approximate surface area is 148 Å². The molecule has 2 amide bonds. The second-order valence-electron chi connectivity index (χ2n) is 5.94. The molecule has 2 aromatic rings. The molecule has 0 unspecified atom stereocenters. The topological polar surface area (TPSA) is 61.4 Å². The Hall–Kier alpha value is -2.68. The van der Waals surface area contributed by atoms with Gasteiger partial charge < -0.3 is 10.2 Å². The normalized spacial score (nSPS) is 15.7. The maximum Gasteiger partial charge on any atom is 0.433 e. The van der Waals surface area contributed by atoms with Crippen molar-refractivity contribution >= 4 is 11.7 Å². The maximum atomic E-state index is 12.5. The largest absolute Gasteiger partial charge is 0.433 e. The van der Waals surface area contributed by atoms with Gasteiger partial charge >= 0.3 is 12.2 Å². The number of anilines is 1. The predicted molar refractivity (Wildman–Crippen MR) is 89.3 cm³/mol. The van der Waals surface area contributed by atoms with Crippen LogP contribution < -0.4 is 5.32 Å². The molecular weight excluding hydrogens is 347 g/mol. The van der Waals surface area contributed by atoms with Crippen molar-refractivity contribution in [3.63, 3.8) is 0 Å². The van der Waals surface area contributed by atoms with Crippen LogP contribution in [0.3, 0.4) is 0 Å². The standard InChI is InChI=1S/C17H18F3N5O/c18-17(19,20)15-5-4-13(11-22-15)23-16(26)25-9-7-24(8-10-25)12-14-3-1-2-6-21-14/h1-6,11H,7-10,12H2,(H,23,26). The van der Waals surface area contributed by atoms with Crippen molar-refractivity contribution < 1.29 is 18.0 Å². The summed E-state index contributed by atoms with van der Waals surface area (Å²) in [5.41, 5.74) is 0.221. The smallest absolute Gasteiger partial charge is 0.322 e. The quantitative estimate of drug-likeness (QED) is 0.909. The predicted octanol–water partition coefficient (Wildman–Crippen LogP) is 2.85. The molecule has 1 aliphatic heterocycles. The summed E-state index contributed by atoms with van der Waals surface area (Å²) in [6.45, 7) is 3.20. The summed E-state index contributed by atoms with van der Waals surface area (Å²) in [6, 6.07) is 7.46. The average Bonchev–Trinajstić information content (AvgIpc) is 2.63. The van der Waals surface area contributed by atoms with Gasteiger partial charge in [0.15, 0.2) is 0 Å². The molecule has 9 heteroatoms. The van der Waals surface area contributed by atoms with Crippen LogP contribution >= 0.6 is 0 Å². The fourth-order valence-corrected chi connectivity index (χ4v) is 2.67. The lowest BCUT2D eigenvalue weighted by Crippen LogP contribution is -2.49. The average molecular weight is 365 g/mol. The number of hydrogen-bond donors (Lipinski definition) is 1. The van der Waals surface area contributed by atoms with E-state index in [-0.39, 0.29) is 11.7 Å². The van der Waals surface area contributed by atoms with Crippen LogP contribution in [0.25, 0.3) is 0 Å². The van der Waals surface area contributed by atoms with Crippen LogP contribution in [0.1, 0.15) is 11.4 Å². The van der Waals surface area contributed by atoms with Gasteiger partial charge in [0.2, 0.25) is 0 Å². The molecule has 3 heterocycles. The number of nitrogens with one attached hydrogen (secondary N) is 1. The van der Waals surface area contributed by atoms with Gasteiger partial charge in [-0.05, 0) is 24.3 Å². The molecule has 0 radical (unpaired) electrons. The zero-order valence-corrected chi connectivity index (χ0v) is 13.9. The minimum absolute atomic E-state index is 0.235. The lowest BCUT2D eigenvalue weighted by molar-refractivity contribution is -0.141. The van der Waals surface area contributed by atoms with Crippen molar-refractivity contribution in [1.29, 1.82) is 0 Å². The molecule has 26 heavy (non-hydrogen) atoms. The fourth-order valence-electron chi connectivity index (χ4n) is 2.67. The SMILES string of the molecule is O=C(Nc1ccc(C(F)(F)F)nc1)N1CCN(Cc2ccccn2)CC1. The molecule has 0 aliphatic carbocycles. The number of piperazine rings is 1. The van der Waals surface area contributed by atoms with E-state index in [2.05, 4.69) is 20.2 Å². The van der Waals surface area contributed by atoms with Gasteiger partial charge in [0, 0.05) is 38.9 Å². The van der Waals surface area contributed by atoms with Gasteiger partial charge in [-0.2, -0.15) is 13.2 Å². The van der Waals surface area contributed by atoms with Crippen molar-refractivity contribution in [3.05, 3.63) is 54.1 Å². The first kappa shape index (κ1) is 18.1. The summed E-state index contributed by atoms with van der Waals surface area (Å²) in [6.07, 6.45) is -1.73. The highest BCUT2D eigenvalue weighted by molar-refractivity contribution is 5.89. The number of carbonyl (C=O) groups excluding carboxylic acids is 1. The third-order valence-corrected chi connectivity index (χ3v) is 4.08. The Morgan fingerprint density at radius 3 is 2.42 bits per heavy atom. The molecular formula is C17H18F3N5O. The number of aromatic nitrogens is 2. The van der Waals surface area contributed by atoms with Crippen LogP contribution in [0, 0.1) is 0 Å². The first-order valence-electron chi connectivity index (χ1n) is 8.13. The molecule has 3 rings (SSSR count). The molecule has 0 spiro atoms. The van der Waals surface area contributed by atoms with Gasteiger partial charge in [0.25, 0.3) is 0 Å². The summed E-state index contributed by atoms with van der Waals surface area (Å²) in [5, 5.41) is 2.58. The number of nitrogens with zero attached hydrogens (tertiary/aromatic N) is 4. The second-order valence-corrected chi connectivity index (χ2v) is 5.94. The molecule has 0 aromatic carbocycles. The number of rotatable bonds is 3. The lowest BCUT2D eigenvalue weighted by atomic mass is 10.2. The highest BCUT2D eigenvalue weighted by Gasteiger charge is 2.32. The van der Waals surface area contributed by atoms with E-state index >= 15 is 0 Å². The Balaban J connectivity index is 1.49. The number of alkyl halides is 3. The summed E-state index contributed by atoms with van der Waals surface area (Å²) in [4.78, 5) is 23.7. The molecule has 1 fully saturated rings. The Morgan fingerprint density at radius 2 is 1.85 bits per heavy atom. The number of halogens is 3. The zero-order chi connectivity index (χ0) is 18.6. The van der Waals surface area contributed by atoms with Gasteiger partial charge in [0.1, 0.15) is 5.69 Å². The van der Waals surface area contributed by atoms with Gasteiger partial charge in [-0.25, -0.2) is 9.78 Å². The summed E-state index contributed by atoms with van der Waals surface area (Å²) in [5.74, 6) is 0. The van der Waals surface area contributed by atoms with E-state index in [0.29, 0.717) is 26.2 Å². The first-order chi connectivity index (χ1) is 12.4.